The van der Waals surface area contributed by atoms with Gasteiger partial charge in [-0.15, -0.1) is 0 Å². The van der Waals surface area contributed by atoms with Gasteiger partial charge < -0.3 is 14.4 Å². The minimum Gasteiger partial charge on any atom is -0.467 e. The fourth-order valence-corrected chi connectivity index (χ4v) is 3.87. The van der Waals surface area contributed by atoms with Crippen molar-refractivity contribution in [2.24, 2.45) is 0 Å². The number of benzene rings is 3. The molecule has 1 aliphatic rings. The Balaban J connectivity index is 1.48. The van der Waals surface area contributed by atoms with E-state index in [0.29, 0.717) is 29.8 Å². The third kappa shape index (κ3) is 4.25. The summed E-state index contributed by atoms with van der Waals surface area (Å²) < 4.78 is 10.5. The average Bonchev–Trinajstić information content (AvgIpc) is 3.14. The Morgan fingerprint density at radius 3 is 2.34 bits per heavy atom. The molecule has 0 fully saturated rings. The van der Waals surface area contributed by atoms with Crippen LogP contribution in [0.3, 0.4) is 0 Å². The molecule has 1 heterocycles. The molecule has 162 valence electrons. The number of amides is 1. The highest BCUT2D eigenvalue weighted by atomic mass is 16.5. The SMILES string of the molecule is COC(=O)C(Cc1ccc(OC(=O)c2ccccc2C)cc1)N1Cc2ccccc2C1=O. The summed E-state index contributed by atoms with van der Waals surface area (Å²) >= 11 is 0. The highest BCUT2D eigenvalue weighted by Crippen LogP contribution is 2.27. The standard InChI is InChI=1S/C26H23NO5/c1-17-7-3-5-9-21(17)25(29)32-20-13-11-18(12-14-20)15-23(26(30)31-2)27-16-19-8-4-6-10-22(19)24(27)28/h3-14,23H,15-16H2,1-2H3. The van der Waals surface area contributed by atoms with Crippen LogP contribution < -0.4 is 4.74 Å². The van der Waals surface area contributed by atoms with E-state index in [2.05, 4.69) is 0 Å². The second-order valence-electron chi connectivity index (χ2n) is 7.68. The Hall–Kier alpha value is -3.93. The molecule has 6 heteroatoms. The van der Waals surface area contributed by atoms with Gasteiger partial charge in [-0.2, -0.15) is 0 Å². The van der Waals surface area contributed by atoms with E-state index < -0.39 is 18.0 Å². The third-order valence-corrected chi connectivity index (χ3v) is 5.63. The molecule has 0 N–H and O–H groups in total. The molecule has 0 saturated heterocycles. The summed E-state index contributed by atoms with van der Waals surface area (Å²) in [6, 6.07) is 20.7. The monoisotopic (exact) mass is 429 g/mol. The van der Waals surface area contributed by atoms with Crippen LogP contribution in [0.4, 0.5) is 0 Å². The lowest BCUT2D eigenvalue weighted by atomic mass is 10.0. The fourth-order valence-electron chi connectivity index (χ4n) is 3.87. The molecule has 1 amide bonds. The van der Waals surface area contributed by atoms with E-state index in [-0.39, 0.29) is 5.91 Å². The zero-order valence-electron chi connectivity index (χ0n) is 17.9. The minimum atomic E-state index is -0.750. The Bertz CT molecular complexity index is 1170. The van der Waals surface area contributed by atoms with Crippen molar-refractivity contribution in [2.75, 3.05) is 7.11 Å². The molecule has 3 aromatic rings. The van der Waals surface area contributed by atoms with Gasteiger partial charge in [0.25, 0.3) is 5.91 Å². The molecule has 1 unspecified atom stereocenters. The minimum absolute atomic E-state index is 0.181. The number of methoxy groups -OCH3 is 1. The van der Waals surface area contributed by atoms with Crippen LogP contribution in [0.2, 0.25) is 0 Å². The molecular weight excluding hydrogens is 406 g/mol. The maximum absolute atomic E-state index is 12.8. The van der Waals surface area contributed by atoms with Crippen molar-refractivity contribution < 1.29 is 23.9 Å². The summed E-state index contributed by atoms with van der Waals surface area (Å²) in [6.07, 6.45) is 0.290. The summed E-state index contributed by atoms with van der Waals surface area (Å²) in [4.78, 5) is 39.3. The number of esters is 2. The molecular formula is C26H23NO5. The van der Waals surface area contributed by atoms with E-state index in [9.17, 15) is 14.4 Å². The summed E-state index contributed by atoms with van der Waals surface area (Å²) in [6.45, 7) is 2.21. The predicted octanol–water partition coefficient (Wildman–Crippen LogP) is 3.95. The molecule has 4 rings (SSSR count). The number of aryl methyl sites for hydroxylation is 1. The van der Waals surface area contributed by atoms with Gasteiger partial charge in [-0.05, 0) is 47.9 Å². The van der Waals surface area contributed by atoms with E-state index in [1.807, 2.05) is 37.3 Å². The number of hydrogen-bond donors (Lipinski definition) is 0. The van der Waals surface area contributed by atoms with Crippen LogP contribution in [0.15, 0.2) is 72.8 Å². The molecule has 6 nitrogen and oxygen atoms in total. The normalized spacial score (nSPS) is 13.4. The van der Waals surface area contributed by atoms with E-state index in [0.717, 1.165) is 16.7 Å². The van der Waals surface area contributed by atoms with Crippen molar-refractivity contribution >= 4 is 17.8 Å². The zero-order chi connectivity index (χ0) is 22.7. The predicted molar refractivity (Wildman–Crippen MR) is 118 cm³/mol. The van der Waals surface area contributed by atoms with Crippen molar-refractivity contribution in [3.63, 3.8) is 0 Å². The van der Waals surface area contributed by atoms with Crippen molar-refractivity contribution in [3.8, 4) is 5.75 Å². The van der Waals surface area contributed by atoms with Crippen LogP contribution in [0, 0.1) is 6.92 Å². The maximum Gasteiger partial charge on any atom is 0.343 e. The second-order valence-corrected chi connectivity index (χ2v) is 7.68. The highest BCUT2D eigenvalue weighted by Gasteiger charge is 2.36. The lowest BCUT2D eigenvalue weighted by molar-refractivity contribution is -0.146. The van der Waals surface area contributed by atoms with Gasteiger partial charge in [0, 0.05) is 18.5 Å². The largest absolute Gasteiger partial charge is 0.467 e. The smallest absolute Gasteiger partial charge is 0.343 e. The van der Waals surface area contributed by atoms with Crippen LogP contribution in [0.1, 0.15) is 37.4 Å². The number of rotatable bonds is 6. The van der Waals surface area contributed by atoms with Gasteiger partial charge in [-0.3, -0.25) is 4.79 Å². The molecule has 1 aliphatic heterocycles. The zero-order valence-corrected chi connectivity index (χ0v) is 17.9. The number of fused-ring (bicyclic) bond motifs is 1. The third-order valence-electron chi connectivity index (χ3n) is 5.63. The molecule has 0 radical (unpaired) electrons. The van der Waals surface area contributed by atoms with Crippen LogP contribution in [-0.2, 0) is 22.5 Å². The Kier molecular flexibility index (Phi) is 6.03. The van der Waals surface area contributed by atoms with Gasteiger partial charge in [0.05, 0.1) is 12.7 Å². The number of carbonyl (C=O) groups excluding carboxylic acids is 3. The molecule has 3 aromatic carbocycles. The summed E-state index contributed by atoms with van der Waals surface area (Å²) in [5.41, 5.74) is 3.67. The van der Waals surface area contributed by atoms with Crippen molar-refractivity contribution in [2.45, 2.75) is 25.9 Å². The van der Waals surface area contributed by atoms with Crippen LogP contribution >= 0.6 is 0 Å². The Labute approximate surface area is 186 Å². The molecule has 0 aliphatic carbocycles. The highest BCUT2D eigenvalue weighted by molar-refractivity contribution is 6.00. The van der Waals surface area contributed by atoms with Crippen molar-refractivity contribution in [1.29, 1.82) is 0 Å². The number of hydrogen-bond acceptors (Lipinski definition) is 5. The first kappa shape index (κ1) is 21.3. The lowest BCUT2D eigenvalue weighted by Crippen LogP contribution is -2.43. The van der Waals surface area contributed by atoms with Crippen molar-refractivity contribution in [1.82, 2.24) is 4.90 Å². The first-order valence-electron chi connectivity index (χ1n) is 10.3. The van der Waals surface area contributed by atoms with Gasteiger partial charge in [0.1, 0.15) is 11.8 Å². The molecule has 0 bridgehead atoms. The molecule has 0 saturated carbocycles. The summed E-state index contributed by atoms with van der Waals surface area (Å²) in [7, 11) is 1.32. The van der Waals surface area contributed by atoms with Crippen LogP contribution in [0.25, 0.3) is 0 Å². The van der Waals surface area contributed by atoms with E-state index in [1.165, 1.54) is 7.11 Å². The fraction of sp³-hybridized carbons (Fsp3) is 0.192. The Morgan fingerprint density at radius 1 is 0.969 bits per heavy atom. The maximum atomic E-state index is 12.8. The molecule has 32 heavy (non-hydrogen) atoms. The first-order valence-corrected chi connectivity index (χ1v) is 10.3. The summed E-state index contributed by atoms with van der Waals surface area (Å²) in [5.74, 6) is -0.675. The number of carbonyl (C=O) groups is 3. The van der Waals surface area contributed by atoms with Gasteiger partial charge >= 0.3 is 11.9 Å². The van der Waals surface area contributed by atoms with Gasteiger partial charge in [0.2, 0.25) is 0 Å². The summed E-state index contributed by atoms with van der Waals surface area (Å²) in [5, 5.41) is 0. The van der Waals surface area contributed by atoms with Crippen LogP contribution in [-0.4, -0.2) is 35.9 Å². The molecule has 0 aromatic heterocycles. The number of nitrogens with zero attached hydrogens (tertiary/aromatic N) is 1. The molecule has 1 atom stereocenters. The van der Waals surface area contributed by atoms with E-state index >= 15 is 0 Å². The number of ether oxygens (including phenoxy) is 2. The topological polar surface area (TPSA) is 72.9 Å². The van der Waals surface area contributed by atoms with Crippen molar-refractivity contribution in [3.05, 3.63) is 101 Å². The quantitative estimate of drug-likeness (QED) is 0.438. The van der Waals surface area contributed by atoms with E-state index in [4.69, 9.17) is 9.47 Å². The van der Waals surface area contributed by atoms with E-state index in [1.54, 1.807) is 47.4 Å². The van der Waals surface area contributed by atoms with Gasteiger partial charge in [0.15, 0.2) is 0 Å². The second kappa shape index (κ2) is 9.06. The van der Waals surface area contributed by atoms with Gasteiger partial charge in [-0.25, -0.2) is 9.59 Å². The van der Waals surface area contributed by atoms with Crippen LogP contribution in [0.5, 0.6) is 5.75 Å². The van der Waals surface area contributed by atoms with Gasteiger partial charge in [-0.1, -0.05) is 48.5 Å². The Morgan fingerprint density at radius 2 is 1.66 bits per heavy atom. The first-order chi connectivity index (χ1) is 15.5. The lowest BCUT2D eigenvalue weighted by Gasteiger charge is -2.25. The average molecular weight is 429 g/mol. The molecule has 0 spiro atoms.